The van der Waals surface area contributed by atoms with Crippen molar-refractivity contribution >= 4 is 28.7 Å². The van der Waals surface area contributed by atoms with E-state index in [2.05, 4.69) is 31.1 Å². The highest BCUT2D eigenvalue weighted by Crippen LogP contribution is 2.24. The lowest BCUT2D eigenvalue weighted by Crippen LogP contribution is -2.31. The Kier molecular flexibility index (Phi) is 5.93. The maximum atomic E-state index is 13.1. The number of benzene rings is 1. The van der Waals surface area contributed by atoms with Crippen LogP contribution >= 0.6 is 11.7 Å². The highest BCUT2D eigenvalue weighted by Gasteiger charge is 2.25. The number of rotatable bonds is 6. The fourth-order valence-corrected chi connectivity index (χ4v) is 4.73. The monoisotopic (exact) mass is 465 g/mol. The van der Waals surface area contributed by atoms with Crippen LogP contribution in [0.25, 0.3) is 11.0 Å². The molecule has 0 fully saturated rings. The van der Waals surface area contributed by atoms with Gasteiger partial charge in [0.2, 0.25) is 0 Å². The Hall–Kier alpha value is -3.50. The average molecular weight is 466 g/mol. The highest BCUT2D eigenvalue weighted by atomic mass is 32.1. The molecule has 1 aliphatic heterocycles. The van der Waals surface area contributed by atoms with E-state index in [9.17, 15) is 9.59 Å². The van der Waals surface area contributed by atoms with Gasteiger partial charge in [-0.05, 0) is 29.8 Å². The molecule has 10 heteroatoms. The third kappa shape index (κ3) is 4.39. The Bertz CT molecular complexity index is 1340. The van der Waals surface area contributed by atoms with Crippen LogP contribution in [-0.2, 0) is 26.1 Å². The first-order valence-electron chi connectivity index (χ1n) is 10.7. The molecular formula is C23H23N5O4S. The summed E-state index contributed by atoms with van der Waals surface area (Å²) >= 11 is 1.21. The van der Waals surface area contributed by atoms with Gasteiger partial charge in [0.25, 0.3) is 11.5 Å². The van der Waals surface area contributed by atoms with E-state index in [-0.39, 0.29) is 23.8 Å². The normalized spacial score (nSPS) is 14.1. The third-order valence-corrected chi connectivity index (χ3v) is 6.42. The van der Waals surface area contributed by atoms with Crippen LogP contribution in [0.3, 0.4) is 0 Å². The summed E-state index contributed by atoms with van der Waals surface area (Å²) < 4.78 is 21.0. The molecule has 33 heavy (non-hydrogen) atoms. The Morgan fingerprint density at radius 1 is 1.18 bits per heavy atom. The molecule has 0 spiro atoms. The number of ether oxygens (including phenoxy) is 1. The quantitative estimate of drug-likeness (QED) is 0.467. The van der Waals surface area contributed by atoms with Gasteiger partial charge in [-0.25, -0.2) is 0 Å². The van der Waals surface area contributed by atoms with Crippen molar-refractivity contribution in [2.24, 2.45) is 0 Å². The molecule has 9 nitrogen and oxygen atoms in total. The second-order valence-corrected chi connectivity index (χ2v) is 8.43. The molecule has 4 heterocycles. The van der Waals surface area contributed by atoms with Crippen LogP contribution in [0.4, 0.5) is 0 Å². The molecule has 170 valence electrons. The van der Waals surface area contributed by atoms with E-state index in [4.69, 9.17) is 9.15 Å². The lowest BCUT2D eigenvalue weighted by atomic mass is 10.1. The predicted molar refractivity (Wildman–Crippen MR) is 124 cm³/mol. The van der Waals surface area contributed by atoms with Crippen molar-refractivity contribution in [3.63, 3.8) is 0 Å². The summed E-state index contributed by atoms with van der Waals surface area (Å²) in [7, 11) is 1.47. The van der Waals surface area contributed by atoms with Gasteiger partial charge >= 0.3 is 0 Å². The molecule has 4 aromatic rings. The van der Waals surface area contributed by atoms with Crippen LogP contribution in [0.1, 0.15) is 27.4 Å². The Labute approximate surface area is 193 Å². The average Bonchev–Trinajstić information content (AvgIpc) is 3.47. The molecule has 1 N–H and O–H groups in total. The van der Waals surface area contributed by atoms with Gasteiger partial charge < -0.3 is 19.0 Å². The van der Waals surface area contributed by atoms with Gasteiger partial charge in [0.1, 0.15) is 28.1 Å². The van der Waals surface area contributed by atoms with E-state index in [1.165, 1.54) is 24.9 Å². The minimum Gasteiger partial charge on any atom is -0.496 e. The predicted octanol–water partition coefficient (Wildman–Crippen LogP) is 2.44. The molecule has 0 unspecified atom stereocenters. The molecule has 0 saturated heterocycles. The lowest BCUT2D eigenvalue weighted by molar-refractivity contribution is 0.0942. The van der Waals surface area contributed by atoms with Crippen LogP contribution < -0.4 is 15.6 Å². The van der Waals surface area contributed by atoms with Crippen molar-refractivity contribution in [3.05, 3.63) is 75.6 Å². The SMILES string of the molecule is COc1cc(=O)n2c(c1C(=O)NCc1ccco1)CCN(Cc1ccc3nsnc3c1)CC2. The Morgan fingerprint density at radius 2 is 2.06 bits per heavy atom. The minimum absolute atomic E-state index is 0.166. The fraction of sp³-hybridized carbons (Fsp3) is 0.304. The number of furan rings is 1. The van der Waals surface area contributed by atoms with Crippen LogP contribution in [-0.4, -0.2) is 44.3 Å². The van der Waals surface area contributed by atoms with E-state index >= 15 is 0 Å². The lowest BCUT2D eigenvalue weighted by Gasteiger charge is -2.19. The zero-order chi connectivity index (χ0) is 22.8. The van der Waals surface area contributed by atoms with Gasteiger partial charge in [-0.1, -0.05) is 6.07 Å². The van der Waals surface area contributed by atoms with Gasteiger partial charge in [-0.3, -0.25) is 14.5 Å². The number of hydrogen-bond acceptors (Lipinski definition) is 8. The van der Waals surface area contributed by atoms with E-state index in [1.807, 2.05) is 6.07 Å². The van der Waals surface area contributed by atoms with Crippen LogP contribution in [0.5, 0.6) is 5.75 Å². The second kappa shape index (κ2) is 9.16. The maximum Gasteiger partial charge on any atom is 0.257 e. The number of amides is 1. The largest absolute Gasteiger partial charge is 0.496 e. The van der Waals surface area contributed by atoms with Gasteiger partial charge in [-0.15, -0.1) is 0 Å². The number of fused-ring (bicyclic) bond motifs is 2. The molecule has 5 rings (SSSR count). The number of carbonyl (C=O) groups excluding carboxylic acids is 1. The van der Waals surface area contributed by atoms with E-state index in [0.717, 1.165) is 23.1 Å². The topological polar surface area (TPSA) is 102 Å². The van der Waals surface area contributed by atoms with E-state index in [1.54, 1.807) is 23.0 Å². The molecule has 1 aromatic carbocycles. The fourth-order valence-electron chi connectivity index (χ4n) is 4.21. The first kappa shape index (κ1) is 21.4. The number of pyridine rings is 1. The summed E-state index contributed by atoms with van der Waals surface area (Å²) in [6.07, 6.45) is 2.11. The maximum absolute atomic E-state index is 13.1. The van der Waals surface area contributed by atoms with E-state index in [0.29, 0.717) is 43.1 Å². The van der Waals surface area contributed by atoms with Gasteiger partial charge in [-0.2, -0.15) is 8.75 Å². The van der Waals surface area contributed by atoms with Gasteiger partial charge in [0, 0.05) is 44.4 Å². The Balaban J connectivity index is 1.38. The molecule has 0 saturated carbocycles. The van der Waals surface area contributed by atoms with Crippen LogP contribution in [0.15, 0.2) is 51.9 Å². The zero-order valence-electron chi connectivity index (χ0n) is 18.1. The van der Waals surface area contributed by atoms with Gasteiger partial charge in [0.15, 0.2) is 0 Å². The molecule has 0 atom stereocenters. The first-order chi connectivity index (χ1) is 16.1. The van der Waals surface area contributed by atoms with Crippen molar-refractivity contribution < 1.29 is 13.9 Å². The highest BCUT2D eigenvalue weighted by molar-refractivity contribution is 7.00. The number of methoxy groups -OCH3 is 1. The smallest absolute Gasteiger partial charge is 0.257 e. The summed E-state index contributed by atoms with van der Waals surface area (Å²) in [5.74, 6) is 0.653. The third-order valence-electron chi connectivity index (χ3n) is 5.86. The van der Waals surface area contributed by atoms with Crippen LogP contribution in [0.2, 0.25) is 0 Å². The van der Waals surface area contributed by atoms with Crippen molar-refractivity contribution in [1.29, 1.82) is 0 Å². The van der Waals surface area contributed by atoms with Crippen molar-refractivity contribution in [2.75, 3.05) is 20.2 Å². The summed E-state index contributed by atoms with van der Waals surface area (Å²) in [5, 5.41) is 2.88. The van der Waals surface area contributed by atoms with Crippen LogP contribution in [0, 0.1) is 0 Å². The molecule has 1 aliphatic rings. The first-order valence-corrected chi connectivity index (χ1v) is 11.4. The summed E-state index contributed by atoms with van der Waals surface area (Å²) in [5.41, 5.74) is 3.87. The molecule has 0 radical (unpaired) electrons. The van der Waals surface area contributed by atoms with Crippen molar-refractivity contribution in [1.82, 2.24) is 23.5 Å². The summed E-state index contributed by atoms with van der Waals surface area (Å²) in [6.45, 7) is 2.89. The number of nitrogens with one attached hydrogen (secondary N) is 1. The van der Waals surface area contributed by atoms with Crippen molar-refractivity contribution in [3.8, 4) is 5.75 Å². The van der Waals surface area contributed by atoms with Gasteiger partial charge in [0.05, 0.1) is 31.6 Å². The van der Waals surface area contributed by atoms with Crippen molar-refractivity contribution in [2.45, 2.75) is 26.1 Å². The molecular weight excluding hydrogens is 442 g/mol. The number of hydrogen-bond donors (Lipinski definition) is 1. The standard InChI is InChI=1S/C23H23N5O4S/c1-31-20-12-21(29)28-9-8-27(14-15-4-5-17-18(11-15)26-33-25-17)7-6-19(28)22(20)23(30)24-13-16-3-2-10-32-16/h2-5,10-12H,6-9,13-14H2,1H3,(H,24,30). The minimum atomic E-state index is -0.290. The number of aromatic nitrogens is 3. The zero-order valence-corrected chi connectivity index (χ0v) is 18.9. The van der Waals surface area contributed by atoms with E-state index < -0.39 is 0 Å². The molecule has 1 amide bonds. The molecule has 0 bridgehead atoms. The second-order valence-electron chi connectivity index (χ2n) is 7.90. The Morgan fingerprint density at radius 3 is 2.88 bits per heavy atom. The summed E-state index contributed by atoms with van der Waals surface area (Å²) in [4.78, 5) is 28.2. The number of nitrogens with zero attached hydrogens (tertiary/aromatic N) is 4. The molecule has 3 aromatic heterocycles. The number of carbonyl (C=O) groups is 1. The molecule has 0 aliphatic carbocycles. The summed E-state index contributed by atoms with van der Waals surface area (Å²) in [6, 6.07) is 11.1.